The zero-order chi connectivity index (χ0) is 12.3. The molecule has 5 heteroatoms. The molecule has 0 spiro atoms. The molecule has 0 aliphatic carbocycles. The van der Waals surface area contributed by atoms with Crippen molar-refractivity contribution in [2.24, 2.45) is 0 Å². The van der Waals surface area contributed by atoms with Crippen LogP contribution in [-0.4, -0.2) is 5.78 Å². The third kappa shape index (κ3) is 2.86. The summed E-state index contributed by atoms with van der Waals surface area (Å²) in [6.45, 7) is 1.33. The van der Waals surface area contributed by atoms with Crippen LogP contribution in [0.15, 0.2) is 16.6 Å². The Morgan fingerprint density at radius 3 is 2.38 bits per heavy atom. The minimum Gasteiger partial charge on any atom is -0.300 e. The molecule has 0 bridgehead atoms. The standard InChI is InChI=1S/C11H8BrF2NO/c1-6(16)2-8(5-15)7-3-9(13)11(12)10(14)4-7/h3-4,8H,2H2,1H3. The lowest BCUT2D eigenvalue weighted by atomic mass is 9.95. The van der Waals surface area contributed by atoms with Crippen LogP contribution in [-0.2, 0) is 4.79 Å². The topological polar surface area (TPSA) is 40.9 Å². The number of Topliss-reactive ketones (excluding diaryl/α,β-unsaturated/α-hetero) is 1. The van der Waals surface area contributed by atoms with E-state index in [0.717, 1.165) is 12.1 Å². The third-order valence-corrected chi connectivity index (χ3v) is 2.81. The Morgan fingerprint density at radius 2 is 2.00 bits per heavy atom. The van der Waals surface area contributed by atoms with Gasteiger partial charge in [-0.05, 0) is 40.5 Å². The van der Waals surface area contributed by atoms with Gasteiger partial charge in [-0.15, -0.1) is 0 Å². The second-order valence-corrected chi connectivity index (χ2v) is 4.18. The Bertz CT molecular complexity index is 445. The van der Waals surface area contributed by atoms with E-state index in [9.17, 15) is 13.6 Å². The van der Waals surface area contributed by atoms with Gasteiger partial charge in [0.25, 0.3) is 0 Å². The van der Waals surface area contributed by atoms with E-state index >= 15 is 0 Å². The maximum absolute atomic E-state index is 13.2. The Kier molecular flexibility index (Phi) is 4.13. The number of carbonyl (C=O) groups excluding carboxylic acids is 1. The van der Waals surface area contributed by atoms with Crippen molar-refractivity contribution in [1.82, 2.24) is 0 Å². The van der Waals surface area contributed by atoms with Crippen LogP contribution in [0.3, 0.4) is 0 Å². The normalized spacial score (nSPS) is 11.9. The number of hydrogen-bond acceptors (Lipinski definition) is 2. The van der Waals surface area contributed by atoms with Gasteiger partial charge in [-0.25, -0.2) is 8.78 Å². The van der Waals surface area contributed by atoms with Crippen LogP contribution in [0.5, 0.6) is 0 Å². The second-order valence-electron chi connectivity index (χ2n) is 3.39. The molecule has 1 aromatic rings. The van der Waals surface area contributed by atoms with Crippen LogP contribution in [0.2, 0.25) is 0 Å². The lowest BCUT2D eigenvalue weighted by Crippen LogP contribution is -2.03. The predicted octanol–water partition coefficient (Wildman–Crippen LogP) is 3.31. The molecule has 0 N–H and O–H groups in total. The molecule has 0 aliphatic rings. The molecule has 1 rings (SSSR count). The first kappa shape index (κ1) is 12.8. The van der Waals surface area contributed by atoms with E-state index in [-0.39, 0.29) is 22.2 Å². The summed E-state index contributed by atoms with van der Waals surface area (Å²) in [5, 5.41) is 8.82. The molecule has 0 heterocycles. The van der Waals surface area contributed by atoms with E-state index in [0.29, 0.717) is 0 Å². The minimum absolute atomic E-state index is 0.0446. The summed E-state index contributed by atoms with van der Waals surface area (Å²) < 4.78 is 26.1. The number of benzene rings is 1. The fourth-order valence-corrected chi connectivity index (χ4v) is 1.53. The van der Waals surface area contributed by atoms with Crippen molar-refractivity contribution in [3.63, 3.8) is 0 Å². The zero-order valence-corrected chi connectivity index (χ0v) is 10.0. The summed E-state index contributed by atoms with van der Waals surface area (Å²) in [6.07, 6.45) is -0.0446. The van der Waals surface area contributed by atoms with Crippen LogP contribution in [0, 0.1) is 23.0 Å². The number of hydrogen-bond donors (Lipinski definition) is 0. The van der Waals surface area contributed by atoms with Crippen molar-refractivity contribution in [2.75, 3.05) is 0 Å². The van der Waals surface area contributed by atoms with E-state index in [2.05, 4.69) is 15.9 Å². The van der Waals surface area contributed by atoms with E-state index in [1.807, 2.05) is 6.07 Å². The number of carbonyl (C=O) groups is 1. The van der Waals surface area contributed by atoms with Gasteiger partial charge >= 0.3 is 0 Å². The van der Waals surface area contributed by atoms with E-state index in [1.54, 1.807) is 0 Å². The van der Waals surface area contributed by atoms with Gasteiger partial charge in [0.05, 0.1) is 16.5 Å². The summed E-state index contributed by atoms with van der Waals surface area (Å²) in [5.74, 6) is -2.57. The maximum atomic E-state index is 13.2. The van der Waals surface area contributed by atoms with E-state index < -0.39 is 17.6 Å². The molecule has 84 valence electrons. The Hall–Kier alpha value is -1.28. The van der Waals surface area contributed by atoms with Gasteiger partial charge in [-0.1, -0.05) is 0 Å². The lowest BCUT2D eigenvalue weighted by Gasteiger charge is -2.08. The number of halogens is 3. The van der Waals surface area contributed by atoms with Crippen LogP contribution in [0.4, 0.5) is 8.78 Å². The highest BCUT2D eigenvalue weighted by molar-refractivity contribution is 9.10. The average molecular weight is 288 g/mol. The summed E-state index contributed by atoms with van der Waals surface area (Å²) >= 11 is 2.74. The molecule has 0 aromatic heterocycles. The molecular weight excluding hydrogens is 280 g/mol. The SMILES string of the molecule is CC(=O)CC(C#N)c1cc(F)c(Br)c(F)c1. The van der Waals surface area contributed by atoms with Crippen LogP contribution < -0.4 is 0 Å². The molecule has 0 aliphatic heterocycles. The monoisotopic (exact) mass is 287 g/mol. The van der Waals surface area contributed by atoms with E-state index in [1.165, 1.54) is 6.92 Å². The second kappa shape index (κ2) is 5.17. The molecule has 16 heavy (non-hydrogen) atoms. The lowest BCUT2D eigenvalue weighted by molar-refractivity contribution is -0.117. The molecule has 0 amide bonds. The highest BCUT2D eigenvalue weighted by atomic mass is 79.9. The predicted molar refractivity (Wildman–Crippen MR) is 57.7 cm³/mol. The number of rotatable bonds is 3. The number of nitrogens with zero attached hydrogens (tertiary/aromatic N) is 1. The Labute approximate surface area is 100 Å². The van der Waals surface area contributed by atoms with Gasteiger partial charge in [0.2, 0.25) is 0 Å². The summed E-state index contributed by atoms with van der Waals surface area (Å²) in [6, 6.07) is 3.97. The van der Waals surface area contributed by atoms with Crippen LogP contribution in [0.1, 0.15) is 24.8 Å². The molecule has 2 nitrogen and oxygen atoms in total. The smallest absolute Gasteiger partial charge is 0.140 e. The molecule has 1 unspecified atom stereocenters. The molecular formula is C11H8BrF2NO. The zero-order valence-electron chi connectivity index (χ0n) is 8.43. The van der Waals surface area contributed by atoms with Gasteiger partial charge in [0.1, 0.15) is 17.4 Å². The van der Waals surface area contributed by atoms with Gasteiger partial charge in [-0.3, -0.25) is 4.79 Å². The van der Waals surface area contributed by atoms with Crippen molar-refractivity contribution < 1.29 is 13.6 Å². The molecule has 1 aromatic carbocycles. The molecule has 0 radical (unpaired) electrons. The maximum Gasteiger partial charge on any atom is 0.140 e. The van der Waals surface area contributed by atoms with Crippen molar-refractivity contribution in [2.45, 2.75) is 19.3 Å². The van der Waals surface area contributed by atoms with Crippen LogP contribution >= 0.6 is 15.9 Å². The van der Waals surface area contributed by atoms with Crippen molar-refractivity contribution in [1.29, 1.82) is 5.26 Å². The van der Waals surface area contributed by atoms with Gasteiger partial charge in [0, 0.05) is 6.42 Å². The first-order chi connectivity index (χ1) is 7.45. The third-order valence-electron chi connectivity index (χ3n) is 2.06. The Morgan fingerprint density at radius 1 is 1.50 bits per heavy atom. The fraction of sp³-hybridized carbons (Fsp3) is 0.273. The van der Waals surface area contributed by atoms with Gasteiger partial charge in [0.15, 0.2) is 0 Å². The highest BCUT2D eigenvalue weighted by Gasteiger charge is 2.17. The Balaban J connectivity index is 3.12. The first-order valence-corrected chi connectivity index (χ1v) is 5.28. The summed E-state index contributed by atoms with van der Waals surface area (Å²) in [7, 11) is 0. The summed E-state index contributed by atoms with van der Waals surface area (Å²) in [5.41, 5.74) is 0.177. The van der Waals surface area contributed by atoms with Gasteiger partial charge < -0.3 is 0 Å². The van der Waals surface area contributed by atoms with Crippen molar-refractivity contribution in [3.8, 4) is 6.07 Å². The quantitative estimate of drug-likeness (QED) is 0.800. The minimum atomic E-state index is -0.811. The van der Waals surface area contributed by atoms with Crippen molar-refractivity contribution >= 4 is 21.7 Å². The van der Waals surface area contributed by atoms with E-state index in [4.69, 9.17) is 5.26 Å². The highest BCUT2D eigenvalue weighted by Crippen LogP contribution is 2.26. The largest absolute Gasteiger partial charge is 0.300 e. The summed E-state index contributed by atoms with van der Waals surface area (Å²) in [4.78, 5) is 10.9. The molecule has 0 saturated carbocycles. The van der Waals surface area contributed by atoms with Gasteiger partial charge in [-0.2, -0.15) is 5.26 Å². The average Bonchev–Trinajstić information content (AvgIpc) is 2.21. The first-order valence-electron chi connectivity index (χ1n) is 4.49. The van der Waals surface area contributed by atoms with Crippen LogP contribution in [0.25, 0.3) is 0 Å². The molecule has 1 atom stereocenters. The fourth-order valence-electron chi connectivity index (χ4n) is 1.30. The number of nitriles is 1. The van der Waals surface area contributed by atoms with Crippen molar-refractivity contribution in [3.05, 3.63) is 33.8 Å². The number of ketones is 1. The molecule has 0 fully saturated rings. The molecule has 0 saturated heterocycles.